The predicted octanol–water partition coefficient (Wildman–Crippen LogP) is 3.74. The summed E-state index contributed by atoms with van der Waals surface area (Å²) in [6.07, 6.45) is 1.45. The summed E-state index contributed by atoms with van der Waals surface area (Å²) < 4.78 is 5.27. The second-order valence-electron chi connectivity index (χ2n) is 8.00. The number of ether oxygens (including phenoxy) is 1. The molecule has 1 heterocycles. The van der Waals surface area contributed by atoms with E-state index in [4.69, 9.17) is 16.3 Å². The Morgan fingerprint density at radius 2 is 2.04 bits per heavy atom. The molecule has 0 atom stereocenters. The van der Waals surface area contributed by atoms with Crippen LogP contribution in [0.4, 0.5) is 16.2 Å². The molecule has 0 aromatic heterocycles. The summed E-state index contributed by atoms with van der Waals surface area (Å²) in [5.41, 5.74) is 0.520. The molecule has 1 aromatic carbocycles. The fourth-order valence-corrected chi connectivity index (χ4v) is 3.91. The molecule has 1 saturated carbocycles. The van der Waals surface area contributed by atoms with E-state index in [9.17, 15) is 14.9 Å². The second-order valence-corrected chi connectivity index (χ2v) is 8.41. The highest BCUT2D eigenvalue weighted by molar-refractivity contribution is 6.33. The van der Waals surface area contributed by atoms with Gasteiger partial charge in [-0.2, -0.15) is 0 Å². The Morgan fingerprint density at radius 3 is 2.56 bits per heavy atom. The van der Waals surface area contributed by atoms with Crippen molar-refractivity contribution in [1.82, 2.24) is 5.32 Å². The van der Waals surface area contributed by atoms with Gasteiger partial charge in [0.25, 0.3) is 5.69 Å². The largest absolute Gasteiger partial charge is 0.444 e. The van der Waals surface area contributed by atoms with Gasteiger partial charge in [0.1, 0.15) is 5.60 Å². The number of carbonyl (C=O) groups is 1. The summed E-state index contributed by atoms with van der Waals surface area (Å²) in [5.74, 6) is 0. The van der Waals surface area contributed by atoms with Crippen LogP contribution in [-0.2, 0) is 4.74 Å². The van der Waals surface area contributed by atoms with Crippen LogP contribution in [0, 0.1) is 15.5 Å². The van der Waals surface area contributed by atoms with E-state index in [0.29, 0.717) is 5.02 Å². The first-order chi connectivity index (χ1) is 11.6. The Kier molecular flexibility index (Phi) is 4.31. The van der Waals surface area contributed by atoms with Gasteiger partial charge in [-0.05, 0) is 39.7 Å². The van der Waals surface area contributed by atoms with Crippen molar-refractivity contribution in [2.24, 2.45) is 5.41 Å². The topological polar surface area (TPSA) is 84.7 Å². The average Bonchev–Trinajstić information content (AvgIpc) is 2.38. The zero-order valence-corrected chi connectivity index (χ0v) is 15.3. The maximum absolute atomic E-state index is 11.8. The summed E-state index contributed by atoms with van der Waals surface area (Å²) in [6, 6.07) is 4.70. The van der Waals surface area contributed by atoms with Gasteiger partial charge < -0.3 is 15.0 Å². The molecule has 1 amide bonds. The summed E-state index contributed by atoms with van der Waals surface area (Å²) in [6.45, 7) is 7.21. The van der Waals surface area contributed by atoms with E-state index in [1.807, 2.05) is 20.8 Å². The molecule has 8 heteroatoms. The summed E-state index contributed by atoms with van der Waals surface area (Å²) in [4.78, 5) is 24.2. The van der Waals surface area contributed by atoms with E-state index in [2.05, 4.69) is 10.2 Å². The third-order valence-corrected chi connectivity index (χ3v) is 4.92. The summed E-state index contributed by atoms with van der Waals surface area (Å²) in [7, 11) is 0. The van der Waals surface area contributed by atoms with Crippen molar-refractivity contribution in [3.05, 3.63) is 33.3 Å². The lowest BCUT2D eigenvalue weighted by Crippen LogP contribution is -2.66. The molecule has 1 N–H and O–H groups in total. The van der Waals surface area contributed by atoms with Crippen LogP contribution in [0.5, 0.6) is 0 Å². The van der Waals surface area contributed by atoms with E-state index in [0.717, 1.165) is 31.6 Å². The van der Waals surface area contributed by atoms with Gasteiger partial charge in [-0.25, -0.2) is 4.79 Å². The van der Waals surface area contributed by atoms with E-state index in [-0.39, 0.29) is 23.2 Å². The normalized spacial score (nSPS) is 19.1. The number of hydrogen-bond donors (Lipinski definition) is 1. The van der Waals surface area contributed by atoms with Crippen molar-refractivity contribution >= 4 is 29.1 Å². The van der Waals surface area contributed by atoms with Crippen LogP contribution in [0.25, 0.3) is 0 Å². The molecule has 1 aromatic rings. The molecule has 136 valence electrons. The van der Waals surface area contributed by atoms with Crippen LogP contribution in [-0.4, -0.2) is 35.7 Å². The fourth-order valence-electron chi connectivity index (χ4n) is 3.62. The number of non-ortho nitro benzene ring substituents is 1. The molecule has 1 saturated heterocycles. The van der Waals surface area contributed by atoms with Crippen molar-refractivity contribution in [3.63, 3.8) is 0 Å². The number of nitrogens with zero attached hydrogens (tertiary/aromatic N) is 2. The van der Waals surface area contributed by atoms with Gasteiger partial charge in [0.15, 0.2) is 0 Å². The summed E-state index contributed by atoms with van der Waals surface area (Å²) >= 11 is 6.17. The van der Waals surface area contributed by atoms with Crippen LogP contribution >= 0.6 is 11.6 Å². The van der Waals surface area contributed by atoms with Gasteiger partial charge in [-0.3, -0.25) is 10.1 Å². The number of hydrogen-bond acceptors (Lipinski definition) is 5. The smallest absolute Gasteiger partial charge is 0.407 e. The van der Waals surface area contributed by atoms with Crippen molar-refractivity contribution in [3.8, 4) is 0 Å². The van der Waals surface area contributed by atoms with Crippen molar-refractivity contribution in [1.29, 1.82) is 0 Å². The average molecular weight is 368 g/mol. The lowest BCUT2D eigenvalue weighted by molar-refractivity contribution is -0.384. The molecule has 0 bridgehead atoms. The molecule has 1 spiro atoms. The van der Waals surface area contributed by atoms with E-state index < -0.39 is 10.5 Å². The molecular formula is C17H22ClN3O4. The Hall–Kier alpha value is -2.02. The zero-order chi connectivity index (χ0) is 18.4. The quantitative estimate of drug-likeness (QED) is 0.649. The Labute approximate surface area is 151 Å². The number of halogens is 1. The van der Waals surface area contributed by atoms with Gasteiger partial charge in [-0.1, -0.05) is 11.6 Å². The number of rotatable bonds is 3. The Balaban J connectivity index is 1.49. The maximum Gasteiger partial charge on any atom is 0.407 e. The molecular weight excluding hydrogens is 346 g/mol. The Morgan fingerprint density at radius 1 is 1.40 bits per heavy atom. The van der Waals surface area contributed by atoms with E-state index >= 15 is 0 Å². The van der Waals surface area contributed by atoms with Gasteiger partial charge >= 0.3 is 6.09 Å². The lowest BCUT2D eigenvalue weighted by Gasteiger charge is -2.59. The zero-order valence-electron chi connectivity index (χ0n) is 14.5. The minimum Gasteiger partial charge on any atom is -0.444 e. The van der Waals surface area contributed by atoms with E-state index in [1.165, 1.54) is 12.1 Å². The molecule has 25 heavy (non-hydrogen) atoms. The van der Waals surface area contributed by atoms with Crippen LogP contribution in [0.1, 0.15) is 33.6 Å². The lowest BCUT2D eigenvalue weighted by atomic mass is 9.60. The van der Waals surface area contributed by atoms with Gasteiger partial charge in [-0.15, -0.1) is 0 Å². The predicted molar refractivity (Wildman–Crippen MR) is 95.1 cm³/mol. The third-order valence-electron chi connectivity index (χ3n) is 4.61. The number of carbonyl (C=O) groups excluding carboxylic acids is 1. The molecule has 3 rings (SSSR count). The minimum absolute atomic E-state index is 0.00532. The van der Waals surface area contributed by atoms with E-state index in [1.54, 1.807) is 6.07 Å². The molecule has 0 radical (unpaired) electrons. The fraction of sp³-hybridized carbons (Fsp3) is 0.588. The van der Waals surface area contributed by atoms with Crippen LogP contribution in [0.2, 0.25) is 5.02 Å². The number of nitrogens with one attached hydrogen (secondary N) is 1. The molecule has 0 unspecified atom stereocenters. The Bertz CT molecular complexity index is 702. The van der Waals surface area contributed by atoms with Gasteiger partial charge in [0.05, 0.1) is 15.6 Å². The third kappa shape index (κ3) is 3.81. The number of nitro benzene ring substituents is 1. The minimum atomic E-state index is -0.495. The SMILES string of the molecule is CC(C)(C)OC(=O)NC1CC2(C1)CN(c1ccc([N+](=O)[O-])cc1Cl)C2. The highest BCUT2D eigenvalue weighted by atomic mass is 35.5. The molecule has 2 fully saturated rings. The van der Waals surface area contributed by atoms with Gasteiger partial charge in [0, 0.05) is 36.7 Å². The van der Waals surface area contributed by atoms with Crippen LogP contribution in [0.3, 0.4) is 0 Å². The highest BCUT2D eigenvalue weighted by Gasteiger charge is 2.53. The molecule has 7 nitrogen and oxygen atoms in total. The molecule has 1 aliphatic carbocycles. The summed E-state index contributed by atoms with van der Waals surface area (Å²) in [5, 5.41) is 14.1. The van der Waals surface area contributed by atoms with Gasteiger partial charge in [0.2, 0.25) is 0 Å². The number of alkyl carbamates (subject to hydrolysis) is 1. The monoisotopic (exact) mass is 367 g/mol. The van der Waals surface area contributed by atoms with Crippen LogP contribution in [0.15, 0.2) is 18.2 Å². The molecule has 2 aliphatic rings. The first kappa shape index (κ1) is 17.8. The van der Waals surface area contributed by atoms with Crippen molar-refractivity contribution < 1.29 is 14.5 Å². The first-order valence-electron chi connectivity index (χ1n) is 8.25. The van der Waals surface area contributed by atoms with Crippen molar-refractivity contribution in [2.75, 3.05) is 18.0 Å². The number of benzene rings is 1. The first-order valence-corrected chi connectivity index (χ1v) is 8.63. The number of anilines is 1. The number of amides is 1. The van der Waals surface area contributed by atoms with Crippen molar-refractivity contribution in [2.45, 2.75) is 45.3 Å². The maximum atomic E-state index is 11.8. The van der Waals surface area contributed by atoms with Crippen LogP contribution < -0.4 is 10.2 Å². The highest BCUT2D eigenvalue weighted by Crippen LogP contribution is 2.50. The standard InChI is InChI=1S/C17H22ClN3O4/c1-16(2,3)25-15(22)19-11-7-17(8-11)9-20(10-17)14-5-4-12(21(23)24)6-13(14)18/h4-6,11H,7-10H2,1-3H3,(H,19,22). The number of nitro groups is 1. The molecule has 1 aliphatic heterocycles. The second kappa shape index (κ2) is 6.05.